The maximum Gasteiger partial charge on any atom is 0.225 e. The third-order valence-corrected chi connectivity index (χ3v) is 3.85. The summed E-state index contributed by atoms with van der Waals surface area (Å²) in [5, 5.41) is 6.34. The molecular weight excluding hydrogens is 302 g/mol. The Morgan fingerprint density at radius 3 is 2.71 bits per heavy atom. The highest BCUT2D eigenvalue weighted by Crippen LogP contribution is 2.16. The molecule has 1 amide bonds. The summed E-state index contributed by atoms with van der Waals surface area (Å²) < 4.78 is 5.23. The Labute approximate surface area is 143 Å². The number of methoxy groups -OCH3 is 1. The summed E-state index contributed by atoms with van der Waals surface area (Å²) in [6, 6.07) is 11.8. The minimum atomic E-state index is 0.00838. The number of nitrogens with zero attached hydrogens (tertiary/aromatic N) is 1. The Kier molecular flexibility index (Phi) is 6.75. The van der Waals surface area contributed by atoms with Crippen molar-refractivity contribution in [2.45, 2.75) is 39.3 Å². The van der Waals surface area contributed by atoms with Gasteiger partial charge in [-0.2, -0.15) is 0 Å². The van der Waals surface area contributed by atoms with Crippen molar-refractivity contribution in [2.75, 3.05) is 12.4 Å². The van der Waals surface area contributed by atoms with Gasteiger partial charge in [0.25, 0.3) is 0 Å². The van der Waals surface area contributed by atoms with Crippen LogP contribution in [0.4, 0.5) is 5.69 Å². The van der Waals surface area contributed by atoms with Crippen molar-refractivity contribution < 1.29 is 9.53 Å². The molecule has 1 aromatic carbocycles. The fourth-order valence-corrected chi connectivity index (χ4v) is 2.53. The van der Waals surface area contributed by atoms with Gasteiger partial charge in [-0.3, -0.25) is 4.79 Å². The quantitative estimate of drug-likeness (QED) is 0.782. The lowest BCUT2D eigenvalue weighted by Gasteiger charge is -2.15. The Balaban J connectivity index is 1.85. The molecule has 2 aromatic rings. The number of carbonyl (C=O) groups excluding carboxylic acids is 1. The van der Waals surface area contributed by atoms with E-state index in [9.17, 15) is 4.79 Å². The van der Waals surface area contributed by atoms with Gasteiger partial charge in [0.05, 0.1) is 7.11 Å². The Morgan fingerprint density at radius 1 is 1.21 bits per heavy atom. The number of ether oxygens (including phenoxy) is 1. The van der Waals surface area contributed by atoms with Crippen molar-refractivity contribution in [3.8, 4) is 5.88 Å². The molecule has 1 aromatic heterocycles. The average Bonchev–Trinajstić information content (AvgIpc) is 2.60. The summed E-state index contributed by atoms with van der Waals surface area (Å²) in [5.41, 5.74) is 3.02. The molecule has 0 fully saturated rings. The summed E-state index contributed by atoms with van der Waals surface area (Å²) >= 11 is 0. The van der Waals surface area contributed by atoms with Crippen LogP contribution in [0.1, 0.15) is 31.4 Å². The normalized spacial score (nSPS) is 11.8. The van der Waals surface area contributed by atoms with E-state index in [0.29, 0.717) is 18.8 Å². The molecule has 0 spiro atoms. The Bertz CT molecular complexity index is 673. The van der Waals surface area contributed by atoms with Gasteiger partial charge in [0.1, 0.15) is 0 Å². The molecule has 24 heavy (non-hydrogen) atoms. The molecule has 0 saturated heterocycles. The molecule has 2 N–H and O–H groups in total. The van der Waals surface area contributed by atoms with Gasteiger partial charge in [0, 0.05) is 36.5 Å². The number of aryl methyl sites for hydroxylation is 1. The van der Waals surface area contributed by atoms with Crippen molar-refractivity contribution in [3.63, 3.8) is 0 Å². The zero-order chi connectivity index (χ0) is 17.4. The lowest BCUT2D eigenvalue weighted by Crippen LogP contribution is -2.30. The Morgan fingerprint density at radius 2 is 1.96 bits per heavy atom. The lowest BCUT2D eigenvalue weighted by molar-refractivity contribution is -0.116. The number of pyridine rings is 1. The van der Waals surface area contributed by atoms with Crippen molar-refractivity contribution in [1.82, 2.24) is 10.3 Å². The number of aromatic nitrogens is 1. The molecule has 0 aliphatic rings. The van der Waals surface area contributed by atoms with Gasteiger partial charge in [0.15, 0.2) is 0 Å². The summed E-state index contributed by atoms with van der Waals surface area (Å²) in [6.07, 6.45) is 3.00. The molecule has 0 saturated carbocycles. The van der Waals surface area contributed by atoms with Gasteiger partial charge in [-0.15, -0.1) is 0 Å². The number of hydrogen-bond donors (Lipinski definition) is 2. The van der Waals surface area contributed by atoms with Crippen molar-refractivity contribution in [3.05, 3.63) is 53.7 Å². The second-order valence-electron chi connectivity index (χ2n) is 5.72. The zero-order valence-electron chi connectivity index (χ0n) is 14.5. The van der Waals surface area contributed by atoms with Gasteiger partial charge in [-0.1, -0.05) is 31.2 Å². The van der Waals surface area contributed by atoms with E-state index in [2.05, 4.69) is 22.5 Å². The summed E-state index contributed by atoms with van der Waals surface area (Å²) in [6.45, 7) is 4.68. The number of anilines is 1. The number of hydrogen-bond acceptors (Lipinski definition) is 4. The standard InChI is InChI=1S/C19H25N3O2/c1-4-15-8-5-6-10-17(15)22-18(23)12-14(2)21-13-16-9-7-11-20-19(16)24-3/h5-11,14,21H,4,12-13H2,1-3H3,(H,22,23)/t14-/m1/s1. The number of rotatable bonds is 8. The van der Waals surface area contributed by atoms with E-state index in [1.807, 2.05) is 43.3 Å². The van der Waals surface area contributed by atoms with Gasteiger partial charge in [0.2, 0.25) is 11.8 Å². The van der Waals surface area contributed by atoms with Crippen LogP contribution in [0.2, 0.25) is 0 Å². The number of para-hydroxylation sites is 1. The molecule has 0 bridgehead atoms. The molecule has 2 rings (SSSR count). The fraction of sp³-hybridized carbons (Fsp3) is 0.368. The predicted molar refractivity (Wildman–Crippen MR) is 96.2 cm³/mol. The van der Waals surface area contributed by atoms with Crippen molar-refractivity contribution in [2.24, 2.45) is 0 Å². The van der Waals surface area contributed by atoms with Crippen LogP contribution in [-0.2, 0) is 17.8 Å². The van der Waals surface area contributed by atoms with Crippen molar-refractivity contribution >= 4 is 11.6 Å². The van der Waals surface area contributed by atoms with E-state index in [1.165, 1.54) is 0 Å². The first-order valence-corrected chi connectivity index (χ1v) is 8.23. The highest BCUT2D eigenvalue weighted by molar-refractivity contribution is 5.91. The van der Waals surface area contributed by atoms with Crippen LogP contribution < -0.4 is 15.4 Å². The first kappa shape index (κ1) is 17.9. The number of nitrogens with one attached hydrogen (secondary N) is 2. The minimum absolute atomic E-state index is 0.00838. The molecule has 5 heteroatoms. The molecule has 0 aliphatic heterocycles. The molecule has 5 nitrogen and oxygen atoms in total. The largest absolute Gasteiger partial charge is 0.481 e. The lowest BCUT2D eigenvalue weighted by atomic mass is 10.1. The van der Waals surface area contributed by atoms with Crippen LogP contribution >= 0.6 is 0 Å². The summed E-state index contributed by atoms with van der Waals surface area (Å²) in [4.78, 5) is 16.4. The Hall–Kier alpha value is -2.40. The third-order valence-electron chi connectivity index (χ3n) is 3.85. The molecular formula is C19H25N3O2. The van der Waals surface area contributed by atoms with Gasteiger partial charge in [-0.05, 0) is 31.0 Å². The maximum atomic E-state index is 12.2. The molecule has 0 aliphatic carbocycles. The molecule has 1 heterocycles. The van der Waals surface area contributed by atoms with E-state index in [1.54, 1.807) is 13.3 Å². The van der Waals surface area contributed by atoms with Gasteiger partial charge >= 0.3 is 0 Å². The maximum absolute atomic E-state index is 12.2. The van der Waals surface area contributed by atoms with Crippen molar-refractivity contribution in [1.29, 1.82) is 0 Å². The second-order valence-corrected chi connectivity index (χ2v) is 5.72. The molecule has 128 valence electrons. The zero-order valence-corrected chi connectivity index (χ0v) is 14.5. The smallest absolute Gasteiger partial charge is 0.225 e. The van der Waals surface area contributed by atoms with Gasteiger partial charge < -0.3 is 15.4 Å². The fourth-order valence-electron chi connectivity index (χ4n) is 2.53. The van der Waals surface area contributed by atoms with Crippen LogP contribution in [0, 0.1) is 0 Å². The first-order chi connectivity index (χ1) is 11.6. The van der Waals surface area contributed by atoms with Gasteiger partial charge in [-0.25, -0.2) is 4.98 Å². The van der Waals surface area contributed by atoms with Crippen LogP contribution in [0.3, 0.4) is 0 Å². The number of amides is 1. The molecule has 0 radical (unpaired) electrons. The second kappa shape index (κ2) is 9.03. The van der Waals surface area contributed by atoms with E-state index < -0.39 is 0 Å². The highest BCUT2D eigenvalue weighted by Gasteiger charge is 2.11. The average molecular weight is 327 g/mol. The van der Waals surface area contributed by atoms with Crippen LogP contribution in [-0.4, -0.2) is 24.0 Å². The van der Waals surface area contributed by atoms with E-state index >= 15 is 0 Å². The minimum Gasteiger partial charge on any atom is -0.481 e. The topological polar surface area (TPSA) is 63.2 Å². The molecule has 0 unspecified atom stereocenters. The summed E-state index contributed by atoms with van der Waals surface area (Å²) in [7, 11) is 1.61. The van der Waals surface area contributed by atoms with E-state index in [4.69, 9.17) is 4.74 Å². The van der Waals surface area contributed by atoms with E-state index in [0.717, 1.165) is 23.2 Å². The monoisotopic (exact) mass is 327 g/mol. The molecule has 1 atom stereocenters. The number of carbonyl (C=O) groups is 1. The highest BCUT2D eigenvalue weighted by atomic mass is 16.5. The van der Waals surface area contributed by atoms with E-state index in [-0.39, 0.29) is 11.9 Å². The number of benzene rings is 1. The predicted octanol–water partition coefficient (Wildman–Crippen LogP) is 3.16. The van der Waals surface area contributed by atoms with Crippen LogP contribution in [0.5, 0.6) is 5.88 Å². The van der Waals surface area contributed by atoms with Crippen LogP contribution in [0.25, 0.3) is 0 Å². The van der Waals surface area contributed by atoms with Crippen LogP contribution in [0.15, 0.2) is 42.6 Å². The first-order valence-electron chi connectivity index (χ1n) is 8.23. The summed E-state index contributed by atoms with van der Waals surface area (Å²) in [5.74, 6) is 0.618. The SMILES string of the molecule is CCc1ccccc1NC(=O)C[C@@H](C)NCc1cccnc1OC. The third kappa shape index (κ3) is 5.06.